The van der Waals surface area contributed by atoms with Crippen LogP contribution in [0.2, 0.25) is 0 Å². The molecule has 0 saturated carbocycles. The number of benzene rings is 1. The summed E-state index contributed by atoms with van der Waals surface area (Å²) >= 11 is 0. The van der Waals surface area contributed by atoms with Crippen LogP contribution in [0.25, 0.3) is 0 Å². The molecule has 1 fully saturated rings. The van der Waals surface area contributed by atoms with Crippen molar-refractivity contribution in [3.8, 4) is 0 Å². The van der Waals surface area contributed by atoms with Crippen molar-refractivity contribution in [1.82, 2.24) is 4.90 Å². The van der Waals surface area contributed by atoms with E-state index in [1.807, 2.05) is 32.9 Å². The Labute approximate surface area is 115 Å². The van der Waals surface area contributed by atoms with E-state index in [9.17, 15) is 9.90 Å². The van der Waals surface area contributed by atoms with E-state index in [1.54, 1.807) is 0 Å². The SMILES string of the molecule is Cc1ccc(C(=O)CN2CCC(C(C)O)C2)c(C)c1. The average molecular weight is 261 g/mol. The van der Waals surface area contributed by atoms with Crippen LogP contribution in [0.15, 0.2) is 18.2 Å². The van der Waals surface area contributed by atoms with Crippen molar-refractivity contribution in [2.75, 3.05) is 19.6 Å². The van der Waals surface area contributed by atoms with Gasteiger partial charge in [0.1, 0.15) is 0 Å². The molecule has 2 atom stereocenters. The Morgan fingerprint density at radius 2 is 2.21 bits per heavy atom. The summed E-state index contributed by atoms with van der Waals surface area (Å²) in [6, 6.07) is 5.97. The van der Waals surface area contributed by atoms with Gasteiger partial charge in [-0.1, -0.05) is 23.8 Å². The number of aryl methyl sites for hydroxylation is 2. The number of aliphatic hydroxyl groups excluding tert-OH is 1. The summed E-state index contributed by atoms with van der Waals surface area (Å²) in [5, 5.41) is 9.58. The van der Waals surface area contributed by atoms with Gasteiger partial charge in [-0.2, -0.15) is 0 Å². The summed E-state index contributed by atoms with van der Waals surface area (Å²) < 4.78 is 0. The van der Waals surface area contributed by atoms with Crippen molar-refractivity contribution in [2.45, 2.75) is 33.3 Å². The second kappa shape index (κ2) is 5.85. The minimum Gasteiger partial charge on any atom is -0.393 e. The largest absolute Gasteiger partial charge is 0.393 e. The number of aliphatic hydroxyl groups is 1. The van der Waals surface area contributed by atoms with Crippen LogP contribution in [0.5, 0.6) is 0 Å². The van der Waals surface area contributed by atoms with Crippen molar-refractivity contribution in [1.29, 1.82) is 0 Å². The number of likely N-dealkylation sites (tertiary alicyclic amines) is 1. The molecule has 19 heavy (non-hydrogen) atoms. The van der Waals surface area contributed by atoms with Gasteiger partial charge in [-0.3, -0.25) is 9.69 Å². The Balaban J connectivity index is 1.98. The molecular formula is C16H23NO2. The van der Waals surface area contributed by atoms with E-state index in [0.29, 0.717) is 12.5 Å². The lowest BCUT2D eigenvalue weighted by molar-refractivity contribution is 0.0925. The molecule has 1 heterocycles. The van der Waals surface area contributed by atoms with Gasteiger partial charge in [-0.15, -0.1) is 0 Å². The monoisotopic (exact) mass is 261 g/mol. The van der Waals surface area contributed by atoms with Crippen LogP contribution < -0.4 is 0 Å². The van der Waals surface area contributed by atoms with Crippen LogP contribution in [-0.2, 0) is 0 Å². The van der Waals surface area contributed by atoms with E-state index >= 15 is 0 Å². The molecule has 1 aliphatic heterocycles. The molecule has 104 valence electrons. The number of rotatable bonds is 4. The predicted octanol–water partition coefficient (Wildman–Crippen LogP) is 2.19. The number of hydrogen-bond acceptors (Lipinski definition) is 3. The fraction of sp³-hybridized carbons (Fsp3) is 0.562. The van der Waals surface area contributed by atoms with Gasteiger partial charge in [0.05, 0.1) is 12.6 Å². The Kier molecular flexibility index (Phi) is 4.38. The van der Waals surface area contributed by atoms with Crippen LogP contribution in [0.1, 0.15) is 34.8 Å². The molecule has 1 saturated heterocycles. The van der Waals surface area contributed by atoms with Gasteiger partial charge in [0, 0.05) is 12.1 Å². The normalized spacial score (nSPS) is 21.6. The quantitative estimate of drug-likeness (QED) is 0.845. The summed E-state index contributed by atoms with van der Waals surface area (Å²) in [6.07, 6.45) is 0.707. The molecule has 3 heteroatoms. The van der Waals surface area contributed by atoms with Crippen molar-refractivity contribution >= 4 is 5.78 Å². The molecule has 0 spiro atoms. The molecule has 2 unspecified atom stereocenters. The average Bonchev–Trinajstić information content (AvgIpc) is 2.77. The lowest BCUT2D eigenvalue weighted by Gasteiger charge is -2.17. The highest BCUT2D eigenvalue weighted by molar-refractivity contribution is 5.99. The highest BCUT2D eigenvalue weighted by atomic mass is 16.3. The minimum absolute atomic E-state index is 0.184. The Hall–Kier alpha value is -1.19. The standard InChI is InChI=1S/C16H23NO2/c1-11-4-5-15(12(2)8-11)16(19)10-17-7-6-14(9-17)13(3)18/h4-5,8,13-14,18H,6-7,9-10H2,1-3H3. The summed E-state index contributed by atoms with van der Waals surface area (Å²) in [6.45, 7) is 8.06. The molecule has 3 nitrogen and oxygen atoms in total. The Morgan fingerprint density at radius 1 is 1.47 bits per heavy atom. The first-order valence-corrected chi connectivity index (χ1v) is 6.98. The van der Waals surface area contributed by atoms with E-state index in [0.717, 1.165) is 30.6 Å². The third-order valence-corrected chi connectivity index (χ3v) is 4.04. The van der Waals surface area contributed by atoms with Crippen LogP contribution in [0.4, 0.5) is 0 Å². The van der Waals surface area contributed by atoms with E-state index in [-0.39, 0.29) is 11.9 Å². The van der Waals surface area contributed by atoms with Crippen molar-refractivity contribution in [2.24, 2.45) is 5.92 Å². The second-order valence-corrected chi connectivity index (χ2v) is 5.77. The van der Waals surface area contributed by atoms with Crippen LogP contribution in [-0.4, -0.2) is 41.5 Å². The third kappa shape index (κ3) is 3.43. The number of nitrogens with zero attached hydrogens (tertiary/aromatic N) is 1. The number of Topliss-reactive ketones (excluding diaryl/α,β-unsaturated/α-hetero) is 1. The number of hydrogen-bond donors (Lipinski definition) is 1. The maximum absolute atomic E-state index is 12.3. The van der Waals surface area contributed by atoms with Crippen LogP contribution in [0, 0.1) is 19.8 Å². The Morgan fingerprint density at radius 3 is 2.79 bits per heavy atom. The number of carbonyl (C=O) groups excluding carboxylic acids is 1. The molecule has 0 amide bonds. The Bertz CT molecular complexity index is 468. The minimum atomic E-state index is -0.277. The van der Waals surface area contributed by atoms with Gasteiger partial charge in [0.15, 0.2) is 5.78 Å². The maximum atomic E-state index is 12.3. The molecule has 0 aromatic heterocycles. The van der Waals surface area contributed by atoms with Gasteiger partial charge in [-0.25, -0.2) is 0 Å². The fourth-order valence-electron chi connectivity index (χ4n) is 2.81. The smallest absolute Gasteiger partial charge is 0.177 e. The molecule has 0 aliphatic carbocycles. The second-order valence-electron chi connectivity index (χ2n) is 5.77. The van der Waals surface area contributed by atoms with Gasteiger partial charge in [0.25, 0.3) is 0 Å². The summed E-state index contributed by atoms with van der Waals surface area (Å²) in [5.74, 6) is 0.496. The van der Waals surface area contributed by atoms with Gasteiger partial charge in [-0.05, 0) is 45.2 Å². The molecule has 1 aliphatic rings. The number of ketones is 1. The molecule has 0 radical (unpaired) electrons. The zero-order valence-electron chi connectivity index (χ0n) is 12.0. The zero-order chi connectivity index (χ0) is 14.0. The molecular weight excluding hydrogens is 238 g/mol. The maximum Gasteiger partial charge on any atom is 0.177 e. The predicted molar refractivity (Wildman–Crippen MR) is 76.5 cm³/mol. The molecule has 1 N–H and O–H groups in total. The van der Waals surface area contributed by atoms with Gasteiger partial charge < -0.3 is 5.11 Å². The van der Waals surface area contributed by atoms with Crippen molar-refractivity contribution in [3.63, 3.8) is 0 Å². The lowest BCUT2D eigenvalue weighted by atomic mass is 10.0. The summed E-state index contributed by atoms with van der Waals surface area (Å²) in [4.78, 5) is 14.5. The van der Waals surface area contributed by atoms with Crippen LogP contribution >= 0.6 is 0 Å². The van der Waals surface area contributed by atoms with Crippen molar-refractivity contribution in [3.05, 3.63) is 34.9 Å². The van der Waals surface area contributed by atoms with Gasteiger partial charge >= 0.3 is 0 Å². The third-order valence-electron chi connectivity index (χ3n) is 4.04. The zero-order valence-corrected chi connectivity index (χ0v) is 12.0. The summed E-state index contributed by atoms with van der Waals surface area (Å²) in [5.41, 5.74) is 3.06. The van der Waals surface area contributed by atoms with Gasteiger partial charge in [0.2, 0.25) is 0 Å². The molecule has 1 aromatic rings. The number of carbonyl (C=O) groups is 1. The lowest BCUT2D eigenvalue weighted by Crippen LogP contribution is -2.29. The summed E-state index contributed by atoms with van der Waals surface area (Å²) in [7, 11) is 0. The highest BCUT2D eigenvalue weighted by Crippen LogP contribution is 2.20. The molecule has 0 bridgehead atoms. The molecule has 1 aromatic carbocycles. The fourth-order valence-corrected chi connectivity index (χ4v) is 2.81. The first-order valence-electron chi connectivity index (χ1n) is 6.98. The van der Waals surface area contributed by atoms with E-state index < -0.39 is 0 Å². The van der Waals surface area contributed by atoms with E-state index in [1.165, 1.54) is 5.56 Å². The van der Waals surface area contributed by atoms with Crippen LogP contribution in [0.3, 0.4) is 0 Å². The topological polar surface area (TPSA) is 40.5 Å². The van der Waals surface area contributed by atoms with E-state index in [2.05, 4.69) is 11.0 Å². The first kappa shape index (κ1) is 14.2. The molecule has 2 rings (SSSR count). The highest BCUT2D eigenvalue weighted by Gasteiger charge is 2.27. The van der Waals surface area contributed by atoms with Crippen molar-refractivity contribution < 1.29 is 9.90 Å². The first-order chi connectivity index (χ1) is 8.97. The van der Waals surface area contributed by atoms with E-state index in [4.69, 9.17) is 0 Å².